The molecule has 29 heavy (non-hydrogen) atoms. The van der Waals surface area contributed by atoms with E-state index in [-0.39, 0.29) is 5.91 Å². The second kappa shape index (κ2) is 6.85. The van der Waals surface area contributed by atoms with Gasteiger partial charge in [-0.2, -0.15) is 0 Å². The Balaban J connectivity index is 1.43. The summed E-state index contributed by atoms with van der Waals surface area (Å²) in [7, 11) is 0. The molecular weight excluding hydrogens is 362 g/mol. The fraction of sp³-hybridized carbons (Fsp3) is 0.208. The number of hydrogen-bond donors (Lipinski definition) is 0. The highest BCUT2D eigenvalue weighted by molar-refractivity contribution is 5.96. The Morgan fingerprint density at radius 2 is 1.90 bits per heavy atom. The molecule has 0 bridgehead atoms. The van der Waals surface area contributed by atoms with E-state index in [9.17, 15) is 4.79 Å². The average Bonchev–Trinajstić information content (AvgIpc) is 3.36. The number of nitrogens with zero attached hydrogens (tertiary/aromatic N) is 3. The van der Waals surface area contributed by atoms with Gasteiger partial charge in [0.05, 0.1) is 0 Å². The molecule has 5 nitrogen and oxygen atoms in total. The molecule has 0 saturated heterocycles. The maximum Gasteiger partial charge on any atom is 0.254 e. The summed E-state index contributed by atoms with van der Waals surface area (Å²) in [5.41, 5.74) is 7.63. The number of carbonyl (C=O) groups excluding carboxylic acids is 1. The highest BCUT2D eigenvalue weighted by Gasteiger charge is 2.24. The molecule has 0 radical (unpaired) electrons. The van der Waals surface area contributed by atoms with Crippen LogP contribution in [0.3, 0.4) is 0 Å². The monoisotopic (exact) mass is 383 g/mol. The molecule has 0 aliphatic carbocycles. The lowest BCUT2D eigenvalue weighted by Gasteiger charge is -2.16. The number of oxazole rings is 1. The van der Waals surface area contributed by atoms with Crippen molar-refractivity contribution in [3.8, 4) is 11.1 Å². The van der Waals surface area contributed by atoms with Gasteiger partial charge in [-0.25, -0.2) is 4.98 Å². The van der Waals surface area contributed by atoms with Crippen LogP contribution >= 0.6 is 0 Å². The first-order valence-corrected chi connectivity index (χ1v) is 9.84. The van der Waals surface area contributed by atoms with Crippen molar-refractivity contribution in [2.75, 3.05) is 0 Å². The lowest BCUT2D eigenvalue weighted by Crippen LogP contribution is -2.25. The topological polar surface area (TPSA) is 59.2 Å². The third kappa shape index (κ3) is 3.18. The molecule has 1 amide bonds. The molecule has 0 atom stereocenters. The Morgan fingerprint density at radius 1 is 1.07 bits per heavy atom. The van der Waals surface area contributed by atoms with Crippen molar-refractivity contribution in [1.29, 1.82) is 0 Å². The van der Waals surface area contributed by atoms with E-state index in [1.807, 2.05) is 67.4 Å². The van der Waals surface area contributed by atoms with Crippen LogP contribution in [0.4, 0.5) is 0 Å². The molecule has 0 fully saturated rings. The quantitative estimate of drug-likeness (QED) is 0.504. The number of pyridine rings is 1. The molecule has 0 N–H and O–H groups in total. The Morgan fingerprint density at radius 3 is 2.76 bits per heavy atom. The van der Waals surface area contributed by atoms with E-state index in [4.69, 9.17) is 4.42 Å². The fourth-order valence-electron chi connectivity index (χ4n) is 3.87. The minimum atomic E-state index is 0.0384. The second-order valence-electron chi connectivity index (χ2n) is 7.48. The zero-order valence-corrected chi connectivity index (χ0v) is 16.5. The molecule has 1 aliphatic rings. The van der Waals surface area contributed by atoms with Gasteiger partial charge in [-0.05, 0) is 59.5 Å². The van der Waals surface area contributed by atoms with Gasteiger partial charge >= 0.3 is 0 Å². The standard InChI is InChI=1S/C24H21N3O2/c1-3-23-26-21-11-17(7-8-22(21)29-23)16-5-4-6-18(10-16)24(28)27-13-19-9-15(2)25-12-20(19)14-27/h4-12H,3,13-14H2,1-2H3. The summed E-state index contributed by atoms with van der Waals surface area (Å²) in [4.78, 5) is 23.9. The number of amides is 1. The third-order valence-corrected chi connectivity index (χ3v) is 5.41. The summed E-state index contributed by atoms with van der Waals surface area (Å²) in [5, 5.41) is 0. The Bertz CT molecular complexity index is 1240. The molecule has 144 valence electrons. The zero-order valence-electron chi connectivity index (χ0n) is 16.5. The predicted octanol–water partition coefficient (Wildman–Crippen LogP) is 4.92. The van der Waals surface area contributed by atoms with Crippen LogP contribution in [0.5, 0.6) is 0 Å². The van der Waals surface area contributed by atoms with Crippen molar-refractivity contribution >= 4 is 17.0 Å². The Labute approximate surface area is 169 Å². The Hall–Kier alpha value is -3.47. The highest BCUT2D eigenvalue weighted by atomic mass is 16.3. The lowest BCUT2D eigenvalue weighted by atomic mass is 10.0. The van der Waals surface area contributed by atoms with Gasteiger partial charge in [-0.1, -0.05) is 25.1 Å². The van der Waals surface area contributed by atoms with Gasteiger partial charge in [-0.15, -0.1) is 0 Å². The summed E-state index contributed by atoms with van der Waals surface area (Å²) < 4.78 is 5.70. The van der Waals surface area contributed by atoms with E-state index < -0.39 is 0 Å². The molecule has 2 aromatic carbocycles. The van der Waals surface area contributed by atoms with E-state index in [0.29, 0.717) is 18.7 Å². The van der Waals surface area contributed by atoms with E-state index >= 15 is 0 Å². The summed E-state index contributed by atoms with van der Waals surface area (Å²) in [6.07, 6.45) is 2.65. The molecule has 0 unspecified atom stereocenters. The van der Waals surface area contributed by atoms with Crippen LogP contribution in [0.25, 0.3) is 22.2 Å². The minimum Gasteiger partial charge on any atom is -0.441 e. The lowest BCUT2D eigenvalue weighted by molar-refractivity contribution is 0.0751. The number of carbonyl (C=O) groups is 1. The van der Waals surface area contributed by atoms with Crippen LogP contribution in [-0.4, -0.2) is 20.8 Å². The number of benzene rings is 2. The molecule has 1 aliphatic heterocycles. The first-order valence-electron chi connectivity index (χ1n) is 9.84. The molecule has 4 aromatic rings. The molecule has 2 aromatic heterocycles. The largest absolute Gasteiger partial charge is 0.441 e. The normalized spacial score (nSPS) is 13.1. The second-order valence-corrected chi connectivity index (χ2v) is 7.48. The average molecular weight is 383 g/mol. The molecular formula is C24H21N3O2. The third-order valence-electron chi connectivity index (χ3n) is 5.41. The van der Waals surface area contributed by atoms with Crippen molar-refractivity contribution in [2.24, 2.45) is 0 Å². The summed E-state index contributed by atoms with van der Waals surface area (Å²) >= 11 is 0. The van der Waals surface area contributed by atoms with E-state index in [0.717, 1.165) is 45.8 Å². The van der Waals surface area contributed by atoms with Crippen LogP contribution in [0, 0.1) is 6.92 Å². The van der Waals surface area contributed by atoms with Crippen LogP contribution < -0.4 is 0 Å². The molecule has 5 heteroatoms. The fourth-order valence-corrected chi connectivity index (χ4v) is 3.87. The van der Waals surface area contributed by atoms with Crippen molar-refractivity contribution in [2.45, 2.75) is 33.4 Å². The number of rotatable bonds is 3. The maximum atomic E-state index is 13.1. The van der Waals surface area contributed by atoms with Gasteiger partial charge in [0, 0.05) is 37.0 Å². The van der Waals surface area contributed by atoms with Crippen LogP contribution in [0.15, 0.2) is 59.1 Å². The van der Waals surface area contributed by atoms with Crippen LogP contribution in [0.1, 0.15) is 40.0 Å². The maximum absolute atomic E-state index is 13.1. The van der Waals surface area contributed by atoms with Crippen molar-refractivity contribution in [3.05, 3.63) is 83.0 Å². The highest BCUT2D eigenvalue weighted by Crippen LogP contribution is 2.28. The number of hydrogen-bond acceptors (Lipinski definition) is 4. The van der Waals surface area contributed by atoms with Gasteiger partial charge in [0.1, 0.15) is 5.52 Å². The summed E-state index contributed by atoms with van der Waals surface area (Å²) in [6, 6.07) is 15.8. The summed E-state index contributed by atoms with van der Waals surface area (Å²) in [5.74, 6) is 0.774. The number of aromatic nitrogens is 2. The predicted molar refractivity (Wildman–Crippen MR) is 111 cm³/mol. The Kier molecular flexibility index (Phi) is 4.16. The van der Waals surface area contributed by atoms with Crippen LogP contribution in [-0.2, 0) is 19.5 Å². The minimum absolute atomic E-state index is 0.0384. The molecule has 0 saturated carbocycles. The van der Waals surface area contributed by atoms with Crippen molar-refractivity contribution in [1.82, 2.24) is 14.9 Å². The number of aryl methyl sites for hydroxylation is 2. The molecule has 0 spiro atoms. The summed E-state index contributed by atoms with van der Waals surface area (Å²) in [6.45, 7) is 5.24. The van der Waals surface area contributed by atoms with Crippen molar-refractivity contribution < 1.29 is 9.21 Å². The van der Waals surface area contributed by atoms with Gasteiger partial charge in [0.2, 0.25) is 0 Å². The zero-order chi connectivity index (χ0) is 20.0. The smallest absolute Gasteiger partial charge is 0.254 e. The van der Waals surface area contributed by atoms with Crippen LogP contribution in [0.2, 0.25) is 0 Å². The molecule has 3 heterocycles. The van der Waals surface area contributed by atoms with E-state index in [1.165, 1.54) is 5.56 Å². The molecule has 5 rings (SSSR count). The van der Waals surface area contributed by atoms with Gasteiger partial charge < -0.3 is 9.32 Å². The number of fused-ring (bicyclic) bond motifs is 2. The van der Waals surface area contributed by atoms with Gasteiger partial charge in [-0.3, -0.25) is 9.78 Å². The first-order chi connectivity index (χ1) is 14.1. The first kappa shape index (κ1) is 17.6. The van der Waals surface area contributed by atoms with Gasteiger partial charge in [0.25, 0.3) is 5.91 Å². The van der Waals surface area contributed by atoms with Crippen molar-refractivity contribution in [3.63, 3.8) is 0 Å². The van der Waals surface area contributed by atoms with E-state index in [1.54, 1.807) is 0 Å². The SMILES string of the molecule is CCc1nc2cc(-c3cccc(C(=O)N4Cc5cnc(C)cc5C4)c3)ccc2o1. The van der Waals surface area contributed by atoms with Gasteiger partial charge in [0.15, 0.2) is 11.5 Å². The van der Waals surface area contributed by atoms with E-state index in [2.05, 4.69) is 16.0 Å².